The number of amides is 1. The van der Waals surface area contributed by atoms with Crippen molar-refractivity contribution in [2.75, 3.05) is 6.54 Å². The fourth-order valence-corrected chi connectivity index (χ4v) is 3.59. The van der Waals surface area contributed by atoms with Gasteiger partial charge in [-0.1, -0.05) is 30.3 Å². The molecule has 0 saturated heterocycles. The number of benzene rings is 1. The van der Waals surface area contributed by atoms with Crippen molar-refractivity contribution in [3.05, 3.63) is 56.7 Å². The van der Waals surface area contributed by atoms with Crippen LogP contribution in [0.2, 0.25) is 0 Å². The quantitative estimate of drug-likeness (QED) is 0.899. The van der Waals surface area contributed by atoms with Gasteiger partial charge in [0.25, 0.3) is 5.91 Å². The van der Waals surface area contributed by atoms with Crippen LogP contribution in [0.25, 0.3) is 0 Å². The molecule has 1 aromatic heterocycles. The highest BCUT2D eigenvalue weighted by Crippen LogP contribution is 2.47. The lowest BCUT2D eigenvalue weighted by atomic mass is 9.96. The summed E-state index contributed by atoms with van der Waals surface area (Å²) < 4.78 is 0.988. The van der Waals surface area contributed by atoms with E-state index in [4.69, 9.17) is 0 Å². The number of carbonyl (C=O) groups is 1. The molecule has 0 unspecified atom stereocenters. The summed E-state index contributed by atoms with van der Waals surface area (Å²) in [5, 5.41) is 3.06. The van der Waals surface area contributed by atoms with E-state index < -0.39 is 0 Å². The van der Waals surface area contributed by atoms with Crippen LogP contribution in [0, 0.1) is 0 Å². The highest BCUT2D eigenvalue weighted by atomic mass is 79.9. The van der Waals surface area contributed by atoms with E-state index in [1.54, 1.807) is 0 Å². The first-order valence-corrected chi connectivity index (χ1v) is 7.90. The molecule has 0 bridgehead atoms. The maximum absolute atomic E-state index is 12.0. The van der Waals surface area contributed by atoms with E-state index in [9.17, 15) is 4.79 Å². The smallest absolute Gasteiger partial charge is 0.261 e. The average Bonchev–Trinajstić information content (AvgIpc) is 3.12. The second-order valence-corrected chi connectivity index (χ2v) is 7.40. The first-order chi connectivity index (χ1) is 9.20. The minimum Gasteiger partial charge on any atom is -0.350 e. The van der Waals surface area contributed by atoms with E-state index in [1.807, 2.05) is 18.2 Å². The van der Waals surface area contributed by atoms with Crippen LogP contribution in [0.1, 0.15) is 28.1 Å². The second-order valence-electron chi connectivity index (χ2n) is 4.93. The summed E-state index contributed by atoms with van der Waals surface area (Å²) in [6.07, 6.45) is 2.32. The molecule has 19 heavy (non-hydrogen) atoms. The van der Waals surface area contributed by atoms with E-state index in [-0.39, 0.29) is 11.3 Å². The standard InChI is InChI=1S/C15H14BrNOS/c16-13-7-6-12(19-13)14(18)17-10-15(8-9-15)11-4-2-1-3-5-11/h1-7H,8-10H2,(H,17,18). The van der Waals surface area contributed by atoms with Crippen LogP contribution in [-0.4, -0.2) is 12.5 Å². The van der Waals surface area contributed by atoms with E-state index in [2.05, 4.69) is 45.5 Å². The molecule has 2 nitrogen and oxygen atoms in total. The molecule has 3 rings (SSSR count). The Balaban J connectivity index is 1.65. The molecular weight excluding hydrogens is 322 g/mol. The third-order valence-corrected chi connectivity index (χ3v) is 5.25. The Bertz CT molecular complexity index is 589. The summed E-state index contributed by atoms with van der Waals surface area (Å²) in [6, 6.07) is 14.2. The summed E-state index contributed by atoms with van der Waals surface area (Å²) in [6.45, 7) is 0.728. The van der Waals surface area contributed by atoms with Crippen LogP contribution in [0.15, 0.2) is 46.3 Å². The van der Waals surface area contributed by atoms with Crippen LogP contribution < -0.4 is 5.32 Å². The van der Waals surface area contributed by atoms with Crippen molar-refractivity contribution < 1.29 is 4.79 Å². The second kappa shape index (κ2) is 5.10. The number of carbonyl (C=O) groups excluding carboxylic acids is 1. The first-order valence-electron chi connectivity index (χ1n) is 6.29. The van der Waals surface area contributed by atoms with Gasteiger partial charge in [-0.2, -0.15) is 0 Å². The fourth-order valence-electron chi connectivity index (χ4n) is 2.28. The minimum absolute atomic E-state index is 0.0258. The zero-order chi connectivity index (χ0) is 13.3. The van der Waals surface area contributed by atoms with Crippen LogP contribution in [0.4, 0.5) is 0 Å². The molecule has 0 aliphatic heterocycles. The molecule has 1 aliphatic rings. The molecule has 0 atom stereocenters. The maximum atomic E-state index is 12.0. The van der Waals surface area contributed by atoms with Gasteiger partial charge in [-0.15, -0.1) is 11.3 Å². The molecule has 0 radical (unpaired) electrons. The molecule has 1 heterocycles. The number of rotatable bonds is 4. The van der Waals surface area contributed by atoms with Crippen LogP contribution in [0.3, 0.4) is 0 Å². The first kappa shape index (κ1) is 12.9. The Labute approximate surface area is 125 Å². The van der Waals surface area contributed by atoms with Gasteiger partial charge in [0.2, 0.25) is 0 Å². The van der Waals surface area contributed by atoms with E-state index >= 15 is 0 Å². The largest absolute Gasteiger partial charge is 0.350 e. The van der Waals surface area contributed by atoms with Crippen LogP contribution >= 0.6 is 27.3 Å². The lowest BCUT2D eigenvalue weighted by Crippen LogP contribution is -2.31. The van der Waals surface area contributed by atoms with E-state index in [0.29, 0.717) is 0 Å². The lowest BCUT2D eigenvalue weighted by molar-refractivity contribution is 0.0954. The normalized spacial score (nSPS) is 16.1. The lowest BCUT2D eigenvalue weighted by Gasteiger charge is -2.16. The van der Waals surface area contributed by atoms with Crippen molar-refractivity contribution in [1.29, 1.82) is 0 Å². The Morgan fingerprint density at radius 3 is 2.53 bits per heavy atom. The predicted octanol–water partition coefficient (Wildman–Crippen LogP) is 3.97. The molecule has 4 heteroatoms. The summed E-state index contributed by atoms with van der Waals surface area (Å²) >= 11 is 4.85. The Morgan fingerprint density at radius 1 is 1.21 bits per heavy atom. The predicted molar refractivity (Wildman–Crippen MR) is 81.7 cm³/mol. The van der Waals surface area contributed by atoms with Gasteiger partial charge in [-0.05, 0) is 46.5 Å². The molecule has 1 aliphatic carbocycles. The Kier molecular flexibility index (Phi) is 3.46. The van der Waals surface area contributed by atoms with Crippen molar-refractivity contribution in [2.24, 2.45) is 0 Å². The van der Waals surface area contributed by atoms with Gasteiger partial charge < -0.3 is 5.32 Å². The molecule has 1 saturated carbocycles. The van der Waals surface area contributed by atoms with Gasteiger partial charge in [-0.3, -0.25) is 4.79 Å². The monoisotopic (exact) mass is 335 g/mol. The molecule has 1 aromatic carbocycles. The average molecular weight is 336 g/mol. The maximum Gasteiger partial charge on any atom is 0.261 e. The Morgan fingerprint density at radius 2 is 1.95 bits per heavy atom. The SMILES string of the molecule is O=C(NCC1(c2ccccc2)CC1)c1ccc(Br)s1. The van der Waals surface area contributed by atoms with Crippen molar-refractivity contribution in [1.82, 2.24) is 5.32 Å². The van der Waals surface area contributed by atoms with Crippen molar-refractivity contribution in [2.45, 2.75) is 18.3 Å². The van der Waals surface area contributed by atoms with Crippen LogP contribution in [0.5, 0.6) is 0 Å². The number of halogens is 1. The molecule has 1 fully saturated rings. The fraction of sp³-hybridized carbons (Fsp3) is 0.267. The minimum atomic E-state index is 0.0258. The van der Waals surface area contributed by atoms with Crippen LogP contribution in [-0.2, 0) is 5.41 Å². The summed E-state index contributed by atoms with van der Waals surface area (Å²) in [7, 11) is 0. The number of nitrogens with one attached hydrogen (secondary N) is 1. The molecular formula is C15H14BrNOS. The summed E-state index contributed by atoms with van der Waals surface area (Å²) in [5.74, 6) is 0.0258. The summed E-state index contributed by atoms with van der Waals surface area (Å²) in [4.78, 5) is 12.8. The third-order valence-electron chi connectivity index (χ3n) is 3.62. The number of hydrogen-bond acceptors (Lipinski definition) is 2. The van der Waals surface area contributed by atoms with Gasteiger partial charge in [0.05, 0.1) is 8.66 Å². The zero-order valence-corrected chi connectivity index (χ0v) is 12.8. The van der Waals surface area contributed by atoms with Gasteiger partial charge in [0.1, 0.15) is 0 Å². The highest BCUT2D eigenvalue weighted by Gasteiger charge is 2.44. The topological polar surface area (TPSA) is 29.1 Å². The van der Waals surface area contributed by atoms with E-state index in [1.165, 1.54) is 16.9 Å². The van der Waals surface area contributed by atoms with Crippen molar-refractivity contribution >= 4 is 33.2 Å². The molecule has 0 spiro atoms. The van der Waals surface area contributed by atoms with Gasteiger partial charge in [0, 0.05) is 12.0 Å². The Hall–Kier alpha value is -1.13. The number of thiophene rings is 1. The molecule has 1 amide bonds. The van der Waals surface area contributed by atoms with Gasteiger partial charge in [-0.25, -0.2) is 0 Å². The molecule has 1 N–H and O–H groups in total. The number of hydrogen-bond donors (Lipinski definition) is 1. The van der Waals surface area contributed by atoms with Gasteiger partial charge in [0.15, 0.2) is 0 Å². The van der Waals surface area contributed by atoms with Gasteiger partial charge >= 0.3 is 0 Å². The third kappa shape index (κ3) is 2.74. The zero-order valence-electron chi connectivity index (χ0n) is 10.4. The molecule has 2 aromatic rings. The van der Waals surface area contributed by atoms with Crippen molar-refractivity contribution in [3.8, 4) is 0 Å². The highest BCUT2D eigenvalue weighted by molar-refractivity contribution is 9.11. The van der Waals surface area contributed by atoms with E-state index in [0.717, 1.165) is 28.0 Å². The van der Waals surface area contributed by atoms with Crippen molar-refractivity contribution in [3.63, 3.8) is 0 Å². The molecule has 98 valence electrons. The summed E-state index contributed by atoms with van der Waals surface area (Å²) in [5.41, 5.74) is 1.51.